The Morgan fingerprint density at radius 1 is 0.293 bits per heavy atom. The van der Waals surface area contributed by atoms with E-state index in [1.807, 2.05) is 24.3 Å². The maximum atomic E-state index is 6.36. The van der Waals surface area contributed by atoms with Crippen molar-refractivity contribution in [2.75, 3.05) is 106 Å². The van der Waals surface area contributed by atoms with Crippen LogP contribution in [0.25, 0.3) is 21.5 Å². The van der Waals surface area contributed by atoms with E-state index in [9.17, 15) is 0 Å². The second-order valence-electron chi connectivity index (χ2n) is 13.4. The molecule has 0 saturated heterocycles. The molecule has 1 aliphatic rings. The Morgan fingerprint density at radius 3 is 0.672 bits per heavy atom. The summed E-state index contributed by atoms with van der Waals surface area (Å²) in [5.74, 6) is 3.20. The van der Waals surface area contributed by atoms with Gasteiger partial charge in [0.05, 0.1) is 79.3 Å². The molecule has 0 aromatic heterocycles. The predicted molar refractivity (Wildman–Crippen MR) is 230 cm³/mol. The van der Waals surface area contributed by atoms with E-state index in [4.69, 9.17) is 47.4 Å². The average molecular weight is 797 g/mol. The molecule has 312 valence electrons. The second-order valence-corrected chi connectivity index (χ2v) is 13.4. The molecule has 0 aliphatic carbocycles. The second kappa shape index (κ2) is 25.6. The minimum atomic E-state index is 0.383. The van der Waals surface area contributed by atoms with Crippen LogP contribution in [0.2, 0.25) is 0 Å². The van der Waals surface area contributed by atoms with Crippen LogP contribution in [0.3, 0.4) is 0 Å². The van der Waals surface area contributed by atoms with Crippen molar-refractivity contribution in [3.05, 3.63) is 121 Å². The van der Waals surface area contributed by atoms with Crippen molar-refractivity contribution >= 4 is 21.5 Å². The molecule has 1 aliphatic heterocycles. The van der Waals surface area contributed by atoms with Crippen molar-refractivity contribution in [1.29, 1.82) is 0 Å². The van der Waals surface area contributed by atoms with Gasteiger partial charge in [0.1, 0.15) is 49.4 Å². The Hall–Kier alpha value is -4.68. The summed E-state index contributed by atoms with van der Waals surface area (Å²) < 4.78 is 60.3. The summed E-state index contributed by atoms with van der Waals surface area (Å²) in [6.07, 6.45) is 10.2. The van der Waals surface area contributed by atoms with Gasteiger partial charge in [0, 0.05) is 21.5 Å². The van der Waals surface area contributed by atoms with Crippen molar-refractivity contribution in [3.63, 3.8) is 0 Å². The molecule has 0 N–H and O–H groups in total. The zero-order chi connectivity index (χ0) is 40.6. The Morgan fingerprint density at radius 2 is 0.483 bits per heavy atom. The van der Waals surface area contributed by atoms with E-state index in [2.05, 4.69) is 74.8 Å². The molecule has 4 aromatic rings. The molecule has 0 unspecified atom stereocenters. The molecule has 1 heterocycles. The van der Waals surface area contributed by atoms with E-state index in [-0.39, 0.29) is 0 Å². The van der Waals surface area contributed by atoms with E-state index in [0.717, 1.165) is 66.8 Å². The lowest BCUT2D eigenvalue weighted by atomic mass is 9.98. The highest BCUT2D eigenvalue weighted by molar-refractivity contribution is 5.96. The molecule has 5 rings (SSSR count). The third kappa shape index (κ3) is 13.2. The first kappa shape index (κ1) is 44.4. The number of hydrogen-bond donors (Lipinski definition) is 0. The van der Waals surface area contributed by atoms with E-state index in [0.29, 0.717) is 131 Å². The number of allylic oxidation sites excluding steroid dienone is 4. The highest BCUT2D eigenvalue weighted by Crippen LogP contribution is 2.39. The van der Waals surface area contributed by atoms with E-state index in [1.165, 1.54) is 0 Å². The molecule has 58 heavy (non-hydrogen) atoms. The van der Waals surface area contributed by atoms with Crippen LogP contribution in [-0.2, 0) is 54.1 Å². The molecule has 10 heteroatoms. The van der Waals surface area contributed by atoms with Crippen LogP contribution < -0.4 is 18.9 Å². The normalized spacial score (nSPS) is 16.6. The van der Waals surface area contributed by atoms with E-state index >= 15 is 0 Å². The average Bonchev–Trinajstić information content (AvgIpc) is 3.23. The quantitative estimate of drug-likeness (QED) is 0.163. The van der Waals surface area contributed by atoms with Crippen molar-refractivity contribution in [2.24, 2.45) is 0 Å². The minimum absolute atomic E-state index is 0.383. The molecule has 0 spiro atoms. The van der Waals surface area contributed by atoms with Gasteiger partial charge in [-0.15, -0.1) is 26.3 Å². The van der Waals surface area contributed by atoms with E-state index < -0.39 is 0 Å². The van der Waals surface area contributed by atoms with Gasteiger partial charge in [-0.1, -0.05) is 72.8 Å². The fourth-order valence-electron chi connectivity index (χ4n) is 6.72. The maximum Gasteiger partial charge on any atom is 0.130 e. The number of ether oxygens (including phenoxy) is 10. The molecule has 4 aromatic carbocycles. The van der Waals surface area contributed by atoms with Crippen LogP contribution in [0, 0.1) is 0 Å². The first-order valence-corrected chi connectivity index (χ1v) is 20.3. The standard InChI is InChI=1S/C48H60O10/c1-5-9-37-13-17-42-41-18-14-38(10-6-2)46(42)56-34-30-52-26-23-50-24-28-54-32-36-58-48-40(12-8-4)16-19-43-44(48)20-15-39(11-7-3)47(43)57-35-31-53-27-22-49-21-25-51-29-33-55-45(37)41/h5-8,13-20H,1-4,9-12,21-36H2. The number of rotatable bonds is 8. The fraction of sp³-hybridized carbons (Fsp3) is 0.417. The molecule has 0 radical (unpaired) electrons. The van der Waals surface area contributed by atoms with Crippen LogP contribution in [0.1, 0.15) is 22.3 Å². The third-order valence-electron chi connectivity index (χ3n) is 9.37. The van der Waals surface area contributed by atoms with Crippen molar-refractivity contribution in [3.8, 4) is 23.0 Å². The topological polar surface area (TPSA) is 92.3 Å². The van der Waals surface area contributed by atoms with Crippen LogP contribution >= 0.6 is 0 Å². The molecule has 10 nitrogen and oxygen atoms in total. The van der Waals surface area contributed by atoms with Gasteiger partial charge in [-0.3, -0.25) is 0 Å². The maximum absolute atomic E-state index is 6.36. The summed E-state index contributed by atoms with van der Waals surface area (Å²) in [4.78, 5) is 0. The van der Waals surface area contributed by atoms with Gasteiger partial charge in [0.2, 0.25) is 0 Å². The minimum Gasteiger partial charge on any atom is -0.490 e. The third-order valence-corrected chi connectivity index (χ3v) is 9.37. The number of hydrogen-bond acceptors (Lipinski definition) is 10. The highest BCUT2D eigenvalue weighted by Gasteiger charge is 2.17. The van der Waals surface area contributed by atoms with Crippen LogP contribution in [0.4, 0.5) is 0 Å². The fourth-order valence-corrected chi connectivity index (χ4v) is 6.72. The summed E-state index contributed by atoms with van der Waals surface area (Å²) in [6.45, 7) is 22.6. The molecular formula is C48H60O10. The highest BCUT2D eigenvalue weighted by atomic mass is 16.6. The van der Waals surface area contributed by atoms with Gasteiger partial charge in [-0.2, -0.15) is 0 Å². The molecule has 0 amide bonds. The zero-order valence-corrected chi connectivity index (χ0v) is 34.0. The van der Waals surface area contributed by atoms with Gasteiger partial charge in [-0.25, -0.2) is 0 Å². The van der Waals surface area contributed by atoms with Gasteiger partial charge >= 0.3 is 0 Å². The summed E-state index contributed by atoms with van der Waals surface area (Å²) in [7, 11) is 0. The lowest BCUT2D eigenvalue weighted by molar-refractivity contribution is 0.00494. The van der Waals surface area contributed by atoms with E-state index in [1.54, 1.807) is 0 Å². The first-order chi connectivity index (χ1) is 28.7. The Bertz CT molecular complexity index is 1630. The summed E-state index contributed by atoms with van der Waals surface area (Å²) in [5, 5.41) is 3.88. The lowest BCUT2D eigenvalue weighted by Gasteiger charge is -2.19. The number of benzene rings is 4. The van der Waals surface area contributed by atoms with Gasteiger partial charge in [0.15, 0.2) is 0 Å². The first-order valence-electron chi connectivity index (χ1n) is 20.3. The van der Waals surface area contributed by atoms with Gasteiger partial charge in [0.25, 0.3) is 0 Å². The van der Waals surface area contributed by atoms with Gasteiger partial charge < -0.3 is 47.4 Å². The Labute approximate surface area is 343 Å². The largest absolute Gasteiger partial charge is 0.490 e. The predicted octanol–water partition coefficient (Wildman–Crippen LogP) is 8.24. The van der Waals surface area contributed by atoms with Crippen molar-refractivity contribution in [2.45, 2.75) is 25.7 Å². The van der Waals surface area contributed by atoms with Crippen LogP contribution in [-0.4, -0.2) is 106 Å². The summed E-state index contributed by atoms with van der Waals surface area (Å²) in [5.41, 5.74) is 4.19. The molecule has 0 fully saturated rings. The lowest BCUT2D eigenvalue weighted by Crippen LogP contribution is -2.15. The SMILES string of the molecule is C=CCc1ccc2c3c(CC=C)ccc2c1OCCOCCOCCOCCOc1c(CC=C)ccc2c(c(CC=C)ccc12)OCCOCCOCCOCCO3. The van der Waals surface area contributed by atoms with Crippen LogP contribution in [0.15, 0.2) is 99.2 Å². The Kier molecular flexibility index (Phi) is 19.6. The Balaban J connectivity index is 1.22. The summed E-state index contributed by atoms with van der Waals surface area (Å²) >= 11 is 0. The molecular weight excluding hydrogens is 737 g/mol. The van der Waals surface area contributed by atoms with Crippen LogP contribution in [0.5, 0.6) is 23.0 Å². The van der Waals surface area contributed by atoms with Gasteiger partial charge in [-0.05, 0) is 47.9 Å². The van der Waals surface area contributed by atoms with Crippen molar-refractivity contribution < 1.29 is 47.4 Å². The van der Waals surface area contributed by atoms with Crippen molar-refractivity contribution in [1.82, 2.24) is 0 Å². The zero-order valence-electron chi connectivity index (χ0n) is 34.0. The molecule has 0 saturated carbocycles. The summed E-state index contributed by atoms with van der Waals surface area (Å²) in [6, 6.07) is 16.6. The smallest absolute Gasteiger partial charge is 0.130 e. The monoisotopic (exact) mass is 796 g/mol. The molecule has 8 bridgehead atoms. The molecule has 0 atom stereocenters.